The van der Waals surface area contributed by atoms with Gasteiger partial charge in [0.1, 0.15) is 5.75 Å². The third-order valence-electron chi connectivity index (χ3n) is 3.70. The van der Waals surface area contributed by atoms with Crippen LogP contribution in [0.15, 0.2) is 36.9 Å². The molecule has 0 saturated carbocycles. The highest BCUT2D eigenvalue weighted by atomic mass is 16.5. The fourth-order valence-corrected chi connectivity index (χ4v) is 2.46. The number of benzene rings is 1. The molecule has 0 bridgehead atoms. The number of anilines is 1. The Kier molecular flexibility index (Phi) is 5.89. The molecule has 1 aromatic carbocycles. The summed E-state index contributed by atoms with van der Waals surface area (Å²) in [6.45, 7) is 11.2. The molecule has 0 amide bonds. The summed E-state index contributed by atoms with van der Waals surface area (Å²) in [5.41, 5.74) is 1.29. The third-order valence-corrected chi connectivity index (χ3v) is 3.70. The smallest absolute Gasteiger partial charge is 0.119 e. The van der Waals surface area contributed by atoms with E-state index >= 15 is 0 Å². The predicted molar refractivity (Wildman–Crippen MR) is 84.7 cm³/mol. The first kappa shape index (κ1) is 14.9. The molecule has 4 heteroatoms. The Morgan fingerprint density at radius 2 is 1.90 bits per heavy atom. The van der Waals surface area contributed by atoms with Crippen LogP contribution in [-0.2, 0) is 0 Å². The van der Waals surface area contributed by atoms with E-state index in [9.17, 15) is 0 Å². The van der Waals surface area contributed by atoms with E-state index in [4.69, 9.17) is 4.74 Å². The zero-order valence-electron chi connectivity index (χ0n) is 12.3. The molecule has 2 rings (SSSR count). The Bertz CT molecular complexity index is 397. The first-order valence-electron chi connectivity index (χ1n) is 7.26. The van der Waals surface area contributed by atoms with Crippen molar-refractivity contribution >= 4 is 5.69 Å². The van der Waals surface area contributed by atoms with Crippen LogP contribution < -0.4 is 15.0 Å². The van der Waals surface area contributed by atoms with Gasteiger partial charge < -0.3 is 15.0 Å². The minimum Gasteiger partial charge on any atom is -0.497 e. The van der Waals surface area contributed by atoms with Gasteiger partial charge in [-0.2, -0.15) is 0 Å². The Morgan fingerprint density at radius 1 is 1.20 bits per heavy atom. The summed E-state index contributed by atoms with van der Waals surface area (Å²) in [5, 5.41) is 3.35. The van der Waals surface area contributed by atoms with E-state index in [1.54, 1.807) is 7.11 Å². The van der Waals surface area contributed by atoms with Gasteiger partial charge in [0.15, 0.2) is 0 Å². The fraction of sp³-hybridized carbons (Fsp3) is 0.500. The normalized spacial score (nSPS) is 16.1. The monoisotopic (exact) mass is 275 g/mol. The van der Waals surface area contributed by atoms with Gasteiger partial charge in [0.2, 0.25) is 0 Å². The maximum absolute atomic E-state index is 5.20. The maximum Gasteiger partial charge on any atom is 0.119 e. The minimum atomic E-state index is 0.895. The highest BCUT2D eigenvalue weighted by Crippen LogP contribution is 2.20. The quantitative estimate of drug-likeness (QED) is 0.604. The van der Waals surface area contributed by atoms with Crippen molar-refractivity contribution in [1.29, 1.82) is 0 Å². The molecule has 0 aliphatic carbocycles. The van der Waals surface area contributed by atoms with Gasteiger partial charge in [-0.15, -0.1) is 6.58 Å². The van der Waals surface area contributed by atoms with E-state index in [-0.39, 0.29) is 0 Å². The van der Waals surface area contributed by atoms with Gasteiger partial charge in [-0.05, 0) is 24.3 Å². The zero-order chi connectivity index (χ0) is 14.2. The van der Waals surface area contributed by atoms with Crippen molar-refractivity contribution in [3.63, 3.8) is 0 Å². The average molecular weight is 275 g/mol. The molecule has 1 aliphatic rings. The van der Waals surface area contributed by atoms with Gasteiger partial charge >= 0.3 is 0 Å². The van der Waals surface area contributed by atoms with Crippen LogP contribution in [-0.4, -0.2) is 57.8 Å². The van der Waals surface area contributed by atoms with Gasteiger partial charge in [0.25, 0.3) is 0 Å². The molecule has 1 heterocycles. The van der Waals surface area contributed by atoms with Gasteiger partial charge in [-0.1, -0.05) is 6.08 Å². The lowest BCUT2D eigenvalue weighted by Crippen LogP contribution is -2.48. The lowest BCUT2D eigenvalue weighted by Gasteiger charge is -2.36. The summed E-state index contributed by atoms with van der Waals surface area (Å²) in [7, 11) is 1.70. The summed E-state index contributed by atoms with van der Waals surface area (Å²) in [6, 6.07) is 8.34. The summed E-state index contributed by atoms with van der Waals surface area (Å²) in [5.74, 6) is 0.917. The number of rotatable bonds is 7. The second kappa shape index (κ2) is 7.92. The predicted octanol–water partition coefficient (Wildman–Crippen LogP) is 1.59. The van der Waals surface area contributed by atoms with Crippen LogP contribution in [0.4, 0.5) is 5.69 Å². The molecule has 1 N–H and O–H groups in total. The molecule has 1 fully saturated rings. The Balaban J connectivity index is 1.74. The lowest BCUT2D eigenvalue weighted by atomic mass is 10.2. The second-order valence-corrected chi connectivity index (χ2v) is 5.02. The molecule has 0 unspecified atom stereocenters. The molecule has 1 saturated heterocycles. The first-order valence-corrected chi connectivity index (χ1v) is 7.26. The van der Waals surface area contributed by atoms with Crippen LogP contribution in [0.1, 0.15) is 0 Å². The molecule has 0 atom stereocenters. The molecule has 4 nitrogen and oxygen atoms in total. The Hall–Kier alpha value is -1.52. The third kappa shape index (κ3) is 4.25. The number of hydrogen-bond donors (Lipinski definition) is 1. The molecule has 110 valence electrons. The van der Waals surface area contributed by atoms with E-state index in [2.05, 4.69) is 33.8 Å². The Labute approximate surface area is 122 Å². The molecule has 1 aliphatic heterocycles. The molecule has 0 radical (unpaired) electrons. The van der Waals surface area contributed by atoms with Crippen molar-refractivity contribution in [2.75, 3.05) is 57.8 Å². The number of nitrogens with one attached hydrogen (secondary N) is 1. The van der Waals surface area contributed by atoms with Crippen molar-refractivity contribution in [3.8, 4) is 5.75 Å². The number of methoxy groups -OCH3 is 1. The molecule has 0 aromatic heterocycles. The molecular formula is C16H25N3O. The number of piperazine rings is 1. The highest BCUT2D eigenvalue weighted by molar-refractivity contribution is 5.49. The molecule has 20 heavy (non-hydrogen) atoms. The van der Waals surface area contributed by atoms with Gasteiger partial charge in [-0.25, -0.2) is 0 Å². The van der Waals surface area contributed by atoms with Crippen molar-refractivity contribution in [1.82, 2.24) is 10.2 Å². The molecule has 1 aromatic rings. The van der Waals surface area contributed by atoms with Crippen molar-refractivity contribution < 1.29 is 4.74 Å². The topological polar surface area (TPSA) is 27.7 Å². The number of ether oxygens (including phenoxy) is 1. The van der Waals surface area contributed by atoms with Crippen LogP contribution in [0.2, 0.25) is 0 Å². The summed E-state index contributed by atoms with van der Waals surface area (Å²) >= 11 is 0. The van der Waals surface area contributed by atoms with Crippen molar-refractivity contribution in [2.24, 2.45) is 0 Å². The molecule has 0 spiro atoms. The number of hydrogen-bond acceptors (Lipinski definition) is 4. The van der Waals surface area contributed by atoms with Gasteiger partial charge in [0, 0.05) is 51.5 Å². The molecular weight excluding hydrogens is 250 g/mol. The largest absolute Gasteiger partial charge is 0.497 e. The van der Waals surface area contributed by atoms with Crippen LogP contribution >= 0.6 is 0 Å². The van der Waals surface area contributed by atoms with Gasteiger partial charge in [0.05, 0.1) is 7.11 Å². The van der Waals surface area contributed by atoms with E-state index in [1.807, 2.05) is 18.2 Å². The Morgan fingerprint density at radius 3 is 2.50 bits per heavy atom. The van der Waals surface area contributed by atoms with E-state index in [1.165, 1.54) is 5.69 Å². The highest BCUT2D eigenvalue weighted by Gasteiger charge is 2.16. The summed E-state index contributed by atoms with van der Waals surface area (Å²) in [4.78, 5) is 4.95. The maximum atomic E-state index is 5.20. The lowest BCUT2D eigenvalue weighted by molar-refractivity contribution is 0.259. The van der Waals surface area contributed by atoms with Crippen LogP contribution in [0.25, 0.3) is 0 Å². The standard InChI is InChI=1S/C16H25N3O/c1-3-8-17-9-10-18-11-13-19(14-12-18)15-4-6-16(20-2)7-5-15/h3-7,17H,1,8-14H2,2H3. The fourth-order valence-electron chi connectivity index (χ4n) is 2.46. The van der Waals surface area contributed by atoms with E-state index in [0.717, 1.165) is 51.6 Å². The van der Waals surface area contributed by atoms with Crippen LogP contribution in [0.5, 0.6) is 5.75 Å². The number of nitrogens with zero attached hydrogens (tertiary/aromatic N) is 2. The van der Waals surface area contributed by atoms with Gasteiger partial charge in [-0.3, -0.25) is 4.90 Å². The van der Waals surface area contributed by atoms with E-state index in [0.29, 0.717) is 0 Å². The summed E-state index contributed by atoms with van der Waals surface area (Å²) in [6.07, 6.45) is 1.90. The van der Waals surface area contributed by atoms with E-state index < -0.39 is 0 Å². The van der Waals surface area contributed by atoms with Crippen molar-refractivity contribution in [2.45, 2.75) is 0 Å². The zero-order valence-corrected chi connectivity index (χ0v) is 12.3. The second-order valence-electron chi connectivity index (χ2n) is 5.02. The van der Waals surface area contributed by atoms with Crippen LogP contribution in [0, 0.1) is 0 Å². The van der Waals surface area contributed by atoms with Crippen molar-refractivity contribution in [3.05, 3.63) is 36.9 Å². The summed E-state index contributed by atoms with van der Waals surface area (Å²) < 4.78 is 5.20. The first-order chi connectivity index (χ1) is 9.83. The minimum absolute atomic E-state index is 0.895. The van der Waals surface area contributed by atoms with Crippen LogP contribution in [0.3, 0.4) is 0 Å². The SMILES string of the molecule is C=CCNCCN1CCN(c2ccc(OC)cc2)CC1. The average Bonchev–Trinajstić information content (AvgIpc) is 2.52.